The Labute approximate surface area is 207 Å². The van der Waals surface area contributed by atoms with Crippen LogP contribution >= 0.6 is 23.2 Å². The van der Waals surface area contributed by atoms with Crippen LogP contribution in [-0.2, 0) is 19.7 Å². The molecular weight excluding hydrogens is 515 g/mol. The average molecular weight is 531 g/mol. The molecule has 0 saturated carbocycles. The molecule has 0 N–H and O–H groups in total. The lowest BCUT2D eigenvalue weighted by atomic mass is 10.0. The number of hydrogen-bond donors (Lipinski definition) is 0. The zero-order valence-corrected chi connectivity index (χ0v) is 20.5. The molecule has 0 heterocycles. The molecule has 0 atom stereocenters. The molecule has 172 valence electrons. The van der Waals surface area contributed by atoms with Crippen LogP contribution in [0.4, 0.5) is 0 Å². The van der Waals surface area contributed by atoms with E-state index in [1.54, 1.807) is 0 Å². The van der Waals surface area contributed by atoms with Crippen molar-refractivity contribution in [3.05, 3.63) is 118 Å². The van der Waals surface area contributed by atoms with Crippen LogP contribution in [0.3, 0.4) is 0 Å². The van der Waals surface area contributed by atoms with Crippen LogP contribution in [0, 0.1) is 0 Å². The van der Waals surface area contributed by atoms with Gasteiger partial charge in [0, 0.05) is 21.2 Å². The Morgan fingerprint density at radius 1 is 0.441 bits per heavy atom. The molecule has 0 aliphatic carbocycles. The summed E-state index contributed by atoms with van der Waals surface area (Å²) in [6, 6.07) is 22.7. The van der Waals surface area contributed by atoms with Crippen LogP contribution in [0.5, 0.6) is 0 Å². The van der Waals surface area contributed by atoms with Crippen LogP contribution in [0.1, 0.15) is 15.9 Å². The Bertz CT molecular complexity index is 1440. The van der Waals surface area contributed by atoms with Gasteiger partial charge in [-0.05, 0) is 97.1 Å². The Kier molecular flexibility index (Phi) is 6.64. The minimum Gasteiger partial charge on any atom is -0.289 e. The summed E-state index contributed by atoms with van der Waals surface area (Å²) in [6.07, 6.45) is 0. The minimum absolute atomic E-state index is 0.0378. The molecule has 0 radical (unpaired) electrons. The minimum atomic E-state index is -3.76. The van der Waals surface area contributed by atoms with E-state index in [4.69, 9.17) is 23.2 Å². The number of carbonyl (C=O) groups excluding carboxylic acids is 1. The molecule has 0 unspecified atom stereocenters. The zero-order chi connectivity index (χ0) is 24.5. The second kappa shape index (κ2) is 9.35. The van der Waals surface area contributed by atoms with Crippen molar-refractivity contribution >= 4 is 48.7 Å². The molecule has 0 fully saturated rings. The summed E-state index contributed by atoms with van der Waals surface area (Å²) in [7, 11) is -7.52. The first kappa shape index (κ1) is 24.2. The lowest BCUT2D eigenvalue weighted by Crippen LogP contribution is -2.06. The summed E-state index contributed by atoms with van der Waals surface area (Å²) in [5.41, 5.74) is 0.534. The molecule has 4 aromatic rings. The van der Waals surface area contributed by atoms with Gasteiger partial charge in [0.1, 0.15) is 0 Å². The molecule has 5 nitrogen and oxygen atoms in total. The largest absolute Gasteiger partial charge is 0.289 e. The van der Waals surface area contributed by atoms with Crippen molar-refractivity contribution in [3.63, 3.8) is 0 Å². The number of carbonyl (C=O) groups is 1. The summed E-state index contributed by atoms with van der Waals surface area (Å²) in [5.74, 6) is -0.370. The fraction of sp³-hybridized carbons (Fsp3) is 0. The standard InChI is InChI=1S/C25H16Cl2O5S2/c26-19-5-13-23(14-6-19)33(29,30)21-9-1-17(2-10-21)25(28)18-3-11-22(12-4-18)34(31,32)24-15-7-20(27)8-16-24/h1-16H. The molecule has 0 aliphatic heterocycles. The van der Waals surface area contributed by atoms with Crippen molar-refractivity contribution in [3.8, 4) is 0 Å². The maximum atomic E-state index is 12.9. The second-order valence-electron chi connectivity index (χ2n) is 7.29. The number of rotatable bonds is 6. The molecule has 0 aromatic heterocycles. The summed E-state index contributed by atoms with van der Waals surface area (Å²) < 4.78 is 51.1. The lowest BCUT2D eigenvalue weighted by molar-refractivity contribution is 0.103. The van der Waals surface area contributed by atoms with Gasteiger partial charge in [0.25, 0.3) is 0 Å². The average Bonchev–Trinajstić information content (AvgIpc) is 2.84. The van der Waals surface area contributed by atoms with Crippen LogP contribution < -0.4 is 0 Å². The number of sulfone groups is 2. The zero-order valence-electron chi connectivity index (χ0n) is 17.4. The van der Waals surface area contributed by atoms with Gasteiger partial charge in [-0.25, -0.2) is 16.8 Å². The van der Waals surface area contributed by atoms with Gasteiger partial charge in [-0.15, -0.1) is 0 Å². The molecule has 34 heavy (non-hydrogen) atoms. The van der Waals surface area contributed by atoms with Crippen LogP contribution in [0.15, 0.2) is 117 Å². The SMILES string of the molecule is O=C(c1ccc(S(=O)(=O)c2ccc(Cl)cc2)cc1)c1ccc(S(=O)(=O)c2ccc(Cl)cc2)cc1. The maximum absolute atomic E-state index is 12.9. The molecule has 4 aromatic carbocycles. The Morgan fingerprint density at radius 2 is 0.676 bits per heavy atom. The summed E-state index contributed by atoms with van der Waals surface area (Å²) in [5, 5.41) is 0.846. The second-order valence-corrected chi connectivity index (χ2v) is 12.1. The first-order valence-electron chi connectivity index (χ1n) is 9.85. The van der Waals surface area contributed by atoms with Crippen LogP contribution in [0.2, 0.25) is 10.0 Å². The predicted octanol–water partition coefficient (Wildman–Crippen LogP) is 5.89. The highest BCUT2D eigenvalue weighted by atomic mass is 35.5. The molecule has 4 rings (SSSR count). The lowest BCUT2D eigenvalue weighted by Gasteiger charge is -2.08. The monoisotopic (exact) mass is 530 g/mol. The van der Waals surface area contributed by atoms with Gasteiger partial charge in [-0.1, -0.05) is 23.2 Å². The van der Waals surface area contributed by atoms with Crippen molar-refractivity contribution in [1.82, 2.24) is 0 Å². The third kappa shape index (κ3) is 4.79. The van der Waals surface area contributed by atoms with E-state index < -0.39 is 19.7 Å². The van der Waals surface area contributed by atoms with E-state index >= 15 is 0 Å². The number of hydrogen-bond acceptors (Lipinski definition) is 5. The maximum Gasteiger partial charge on any atom is 0.206 e. The number of halogens is 2. The van der Waals surface area contributed by atoms with Crippen molar-refractivity contribution in [2.24, 2.45) is 0 Å². The van der Waals surface area contributed by atoms with E-state index in [1.807, 2.05) is 0 Å². The smallest absolute Gasteiger partial charge is 0.206 e. The van der Waals surface area contributed by atoms with E-state index in [2.05, 4.69) is 0 Å². The molecule has 0 spiro atoms. The summed E-state index contributed by atoms with van der Waals surface area (Å²) in [4.78, 5) is 13.1. The van der Waals surface area contributed by atoms with Crippen LogP contribution in [0.25, 0.3) is 0 Å². The van der Waals surface area contributed by atoms with Crippen molar-refractivity contribution in [1.29, 1.82) is 0 Å². The van der Waals surface area contributed by atoms with Gasteiger partial charge in [0.2, 0.25) is 19.7 Å². The number of benzene rings is 4. The van der Waals surface area contributed by atoms with E-state index in [0.29, 0.717) is 10.0 Å². The highest BCUT2D eigenvalue weighted by Gasteiger charge is 2.20. The van der Waals surface area contributed by atoms with Crippen molar-refractivity contribution < 1.29 is 21.6 Å². The van der Waals surface area contributed by atoms with Crippen molar-refractivity contribution in [2.45, 2.75) is 19.6 Å². The topological polar surface area (TPSA) is 85.3 Å². The number of ketones is 1. The Hall–Kier alpha value is -2.97. The fourth-order valence-electron chi connectivity index (χ4n) is 3.24. The molecule has 0 bridgehead atoms. The van der Waals surface area contributed by atoms with E-state index in [9.17, 15) is 21.6 Å². The summed E-state index contributed by atoms with van der Waals surface area (Å²) in [6.45, 7) is 0. The van der Waals surface area contributed by atoms with E-state index in [-0.39, 0.29) is 36.5 Å². The van der Waals surface area contributed by atoms with Gasteiger partial charge < -0.3 is 0 Å². The van der Waals surface area contributed by atoms with E-state index in [1.165, 1.54) is 97.1 Å². The third-order valence-electron chi connectivity index (χ3n) is 5.10. The first-order chi connectivity index (χ1) is 16.1. The van der Waals surface area contributed by atoms with Crippen molar-refractivity contribution in [2.75, 3.05) is 0 Å². The first-order valence-corrected chi connectivity index (χ1v) is 13.6. The Morgan fingerprint density at radius 3 is 0.941 bits per heavy atom. The van der Waals surface area contributed by atoms with Gasteiger partial charge in [0.15, 0.2) is 5.78 Å². The molecule has 0 aliphatic rings. The molecule has 0 amide bonds. The van der Waals surface area contributed by atoms with E-state index in [0.717, 1.165) is 0 Å². The van der Waals surface area contributed by atoms with Gasteiger partial charge in [-0.3, -0.25) is 4.79 Å². The third-order valence-corrected chi connectivity index (χ3v) is 9.18. The Balaban J connectivity index is 1.56. The quantitative estimate of drug-likeness (QED) is 0.290. The molecule has 9 heteroatoms. The molecule has 0 saturated heterocycles. The van der Waals surface area contributed by atoms with Gasteiger partial charge in [-0.2, -0.15) is 0 Å². The predicted molar refractivity (Wildman–Crippen MR) is 130 cm³/mol. The normalized spacial score (nSPS) is 11.8. The summed E-state index contributed by atoms with van der Waals surface area (Å²) >= 11 is 11.6. The fourth-order valence-corrected chi connectivity index (χ4v) is 6.01. The van der Waals surface area contributed by atoms with Crippen LogP contribution in [-0.4, -0.2) is 22.6 Å². The molecular formula is C25H16Cl2O5S2. The highest BCUT2D eigenvalue weighted by Crippen LogP contribution is 2.25. The highest BCUT2D eigenvalue weighted by molar-refractivity contribution is 7.91. The van der Waals surface area contributed by atoms with Gasteiger partial charge >= 0.3 is 0 Å². The van der Waals surface area contributed by atoms with Gasteiger partial charge in [0.05, 0.1) is 19.6 Å².